The SMILES string of the molecule is Cc1cc(-c2ccn3nc(NC(=O)C4CC4)cc3c2)c(OCC(N)C(F)(F)F)cn1. The predicted octanol–water partition coefficient (Wildman–Crippen LogP) is 3.32. The van der Waals surface area contributed by atoms with Gasteiger partial charge in [0.25, 0.3) is 0 Å². The molecular formula is C20H20F3N5O2. The smallest absolute Gasteiger partial charge is 0.406 e. The van der Waals surface area contributed by atoms with Crippen LogP contribution < -0.4 is 15.8 Å². The molecule has 1 aliphatic carbocycles. The number of rotatable bonds is 6. The number of fused-ring (bicyclic) bond motifs is 1. The van der Waals surface area contributed by atoms with Gasteiger partial charge in [0.05, 0.1) is 11.7 Å². The second-order valence-electron chi connectivity index (χ2n) is 7.36. The maximum atomic E-state index is 12.7. The normalized spacial score (nSPS) is 15.2. The summed E-state index contributed by atoms with van der Waals surface area (Å²) in [5, 5.41) is 7.12. The van der Waals surface area contributed by atoms with Crippen molar-refractivity contribution in [1.29, 1.82) is 0 Å². The number of pyridine rings is 2. The first kappa shape index (κ1) is 20.1. The highest BCUT2D eigenvalue weighted by molar-refractivity contribution is 5.93. The van der Waals surface area contributed by atoms with Crippen LogP contribution in [0.1, 0.15) is 18.5 Å². The number of carbonyl (C=O) groups is 1. The number of halogens is 3. The Morgan fingerprint density at radius 3 is 2.83 bits per heavy atom. The van der Waals surface area contributed by atoms with E-state index in [0.29, 0.717) is 28.2 Å². The molecule has 0 radical (unpaired) electrons. The number of ether oxygens (including phenoxy) is 1. The molecule has 30 heavy (non-hydrogen) atoms. The van der Waals surface area contributed by atoms with Crippen LogP contribution >= 0.6 is 0 Å². The molecule has 0 spiro atoms. The van der Waals surface area contributed by atoms with Crippen LogP contribution in [0.15, 0.2) is 36.7 Å². The van der Waals surface area contributed by atoms with Crippen LogP contribution in [-0.4, -0.2) is 39.3 Å². The molecule has 0 saturated heterocycles. The van der Waals surface area contributed by atoms with E-state index in [2.05, 4.69) is 15.4 Å². The number of carbonyl (C=O) groups excluding carboxylic acids is 1. The lowest BCUT2D eigenvalue weighted by Gasteiger charge is -2.18. The van der Waals surface area contributed by atoms with Gasteiger partial charge in [0, 0.05) is 29.4 Å². The Labute approximate surface area is 170 Å². The van der Waals surface area contributed by atoms with E-state index < -0.39 is 18.8 Å². The predicted molar refractivity (Wildman–Crippen MR) is 104 cm³/mol. The Bertz CT molecular complexity index is 1090. The molecule has 1 atom stereocenters. The molecule has 4 rings (SSSR count). The Morgan fingerprint density at radius 1 is 1.37 bits per heavy atom. The van der Waals surface area contributed by atoms with Crippen LogP contribution in [0.3, 0.4) is 0 Å². The summed E-state index contributed by atoms with van der Waals surface area (Å²) in [5.74, 6) is 0.669. The number of hydrogen-bond acceptors (Lipinski definition) is 5. The van der Waals surface area contributed by atoms with Crippen LogP contribution in [0.25, 0.3) is 16.6 Å². The summed E-state index contributed by atoms with van der Waals surface area (Å²) in [4.78, 5) is 16.1. The number of nitrogens with one attached hydrogen (secondary N) is 1. The lowest BCUT2D eigenvalue weighted by Crippen LogP contribution is -2.42. The Hall–Kier alpha value is -3.14. The molecule has 0 aliphatic heterocycles. The first-order valence-corrected chi connectivity index (χ1v) is 9.43. The highest BCUT2D eigenvalue weighted by atomic mass is 19.4. The lowest BCUT2D eigenvalue weighted by molar-refractivity contribution is -0.153. The topological polar surface area (TPSA) is 94.5 Å². The molecule has 158 valence electrons. The van der Waals surface area contributed by atoms with Gasteiger partial charge in [-0.25, -0.2) is 4.52 Å². The van der Waals surface area contributed by atoms with E-state index in [0.717, 1.165) is 12.8 Å². The molecule has 0 aromatic carbocycles. The van der Waals surface area contributed by atoms with E-state index in [-0.39, 0.29) is 17.6 Å². The monoisotopic (exact) mass is 419 g/mol. The highest BCUT2D eigenvalue weighted by Gasteiger charge is 2.37. The molecule has 1 fully saturated rings. The maximum absolute atomic E-state index is 12.7. The number of nitrogens with two attached hydrogens (primary N) is 1. The van der Waals surface area contributed by atoms with Crippen molar-refractivity contribution < 1.29 is 22.7 Å². The maximum Gasteiger partial charge on any atom is 0.406 e. The minimum Gasteiger partial charge on any atom is -0.489 e. The molecule has 0 bridgehead atoms. The Kier molecular flexibility index (Phi) is 5.10. The van der Waals surface area contributed by atoms with Gasteiger partial charge in [-0.3, -0.25) is 9.78 Å². The van der Waals surface area contributed by atoms with Crippen molar-refractivity contribution in [2.45, 2.75) is 32.0 Å². The fraction of sp³-hybridized carbons (Fsp3) is 0.350. The Morgan fingerprint density at radius 2 is 2.13 bits per heavy atom. The molecule has 7 nitrogen and oxygen atoms in total. The first-order valence-electron chi connectivity index (χ1n) is 9.43. The standard InChI is InChI=1S/C20H20F3N5O2/c1-11-6-15(16(9-25-11)30-10-17(24)20(21,22)23)13-4-5-28-14(7-13)8-18(27-28)26-19(29)12-2-3-12/h4-9,12,17H,2-3,10,24H2,1H3,(H,26,27,29). The largest absolute Gasteiger partial charge is 0.489 e. The van der Waals surface area contributed by atoms with Gasteiger partial charge in [0.1, 0.15) is 18.4 Å². The van der Waals surface area contributed by atoms with Crippen molar-refractivity contribution in [3.05, 3.63) is 42.4 Å². The van der Waals surface area contributed by atoms with E-state index in [1.165, 1.54) is 6.20 Å². The molecule has 3 N–H and O–H groups in total. The molecule has 1 unspecified atom stereocenters. The molecule has 3 heterocycles. The van der Waals surface area contributed by atoms with E-state index in [1.54, 1.807) is 35.8 Å². The third-order valence-corrected chi connectivity index (χ3v) is 4.82. The van der Waals surface area contributed by atoms with Gasteiger partial charge >= 0.3 is 6.18 Å². The van der Waals surface area contributed by atoms with Gasteiger partial charge in [-0.2, -0.15) is 18.3 Å². The summed E-state index contributed by atoms with van der Waals surface area (Å²) in [5.41, 5.74) is 7.84. The second kappa shape index (κ2) is 7.60. The zero-order valence-electron chi connectivity index (χ0n) is 16.1. The van der Waals surface area contributed by atoms with Crippen LogP contribution in [-0.2, 0) is 4.79 Å². The average Bonchev–Trinajstić information content (AvgIpc) is 3.46. The van der Waals surface area contributed by atoms with Crippen molar-refractivity contribution in [1.82, 2.24) is 14.6 Å². The van der Waals surface area contributed by atoms with E-state index >= 15 is 0 Å². The summed E-state index contributed by atoms with van der Waals surface area (Å²) < 4.78 is 45.1. The third-order valence-electron chi connectivity index (χ3n) is 4.82. The minimum atomic E-state index is -4.55. The van der Waals surface area contributed by atoms with Gasteiger partial charge in [-0.15, -0.1) is 0 Å². The number of alkyl halides is 3. The summed E-state index contributed by atoms with van der Waals surface area (Å²) in [6.45, 7) is 1.06. The molecule has 1 saturated carbocycles. The van der Waals surface area contributed by atoms with E-state index in [4.69, 9.17) is 10.5 Å². The highest BCUT2D eigenvalue weighted by Crippen LogP contribution is 2.33. The molecule has 10 heteroatoms. The summed E-state index contributed by atoms with van der Waals surface area (Å²) in [7, 11) is 0. The van der Waals surface area contributed by atoms with Crippen molar-refractivity contribution in [3.63, 3.8) is 0 Å². The number of aromatic nitrogens is 3. The number of hydrogen-bond donors (Lipinski definition) is 2. The van der Waals surface area contributed by atoms with Crippen LogP contribution in [0.4, 0.5) is 19.0 Å². The third kappa shape index (κ3) is 4.38. The summed E-state index contributed by atoms with van der Waals surface area (Å²) in [6, 6.07) is 4.94. The fourth-order valence-corrected chi connectivity index (χ4v) is 2.96. The Balaban J connectivity index is 1.60. The van der Waals surface area contributed by atoms with Crippen LogP contribution in [0.2, 0.25) is 0 Å². The van der Waals surface area contributed by atoms with Gasteiger partial charge < -0.3 is 15.8 Å². The van der Waals surface area contributed by atoms with Gasteiger partial charge in [-0.05, 0) is 43.5 Å². The molecule has 1 aliphatic rings. The summed E-state index contributed by atoms with van der Waals surface area (Å²) >= 11 is 0. The van der Waals surface area contributed by atoms with E-state index in [9.17, 15) is 18.0 Å². The molecule has 1 amide bonds. The van der Waals surface area contributed by atoms with Crippen molar-refractivity contribution >= 4 is 17.2 Å². The van der Waals surface area contributed by atoms with Crippen molar-refractivity contribution in [2.24, 2.45) is 11.7 Å². The number of anilines is 1. The quantitative estimate of drug-likeness (QED) is 0.639. The lowest BCUT2D eigenvalue weighted by atomic mass is 10.1. The molecular weight excluding hydrogens is 399 g/mol. The van der Waals surface area contributed by atoms with Crippen molar-refractivity contribution in [3.8, 4) is 16.9 Å². The molecule has 3 aromatic heterocycles. The molecule has 3 aromatic rings. The number of nitrogens with zero attached hydrogens (tertiary/aromatic N) is 3. The van der Waals surface area contributed by atoms with Crippen LogP contribution in [0.5, 0.6) is 5.75 Å². The van der Waals surface area contributed by atoms with Crippen LogP contribution in [0, 0.1) is 12.8 Å². The average molecular weight is 419 g/mol. The zero-order chi connectivity index (χ0) is 21.5. The van der Waals surface area contributed by atoms with E-state index in [1.807, 2.05) is 6.07 Å². The number of aryl methyl sites for hydroxylation is 1. The second-order valence-corrected chi connectivity index (χ2v) is 7.36. The minimum absolute atomic E-state index is 0.0416. The zero-order valence-corrected chi connectivity index (χ0v) is 16.1. The van der Waals surface area contributed by atoms with Gasteiger partial charge in [0.2, 0.25) is 5.91 Å². The van der Waals surface area contributed by atoms with Gasteiger partial charge in [-0.1, -0.05) is 0 Å². The number of amides is 1. The first-order chi connectivity index (χ1) is 14.2. The van der Waals surface area contributed by atoms with Crippen molar-refractivity contribution in [2.75, 3.05) is 11.9 Å². The fourth-order valence-electron chi connectivity index (χ4n) is 2.96. The van der Waals surface area contributed by atoms with Gasteiger partial charge in [0.15, 0.2) is 5.82 Å². The summed E-state index contributed by atoms with van der Waals surface area (Å²) in [6.07, 6.45) is 0.335.